The molecular weight excluding hydrogens is 364 g/mol. The summed E-state index contributed by atoms with van der Waals surface area (Å²) in [5.41, 5.74) is 5.61. The lowest BCUT2D eigenvalue weighted by atomic mass is 10.0. The van der Waals surface area contributed by atoms with Crippen molar-refractivity contribution < 1.29 is 4.74 Å². The molecule has 152 valence electrons. The second-order valence-corrected chi connectivity index (χ2v) is 8.11. The molecule has 0 saturated carbocycles. The lowest BCUT2D eigenvalue weighted by molar-refractivity contribution is 0.307. The highest BCUT2D eigenvalue weighted by atomic mass is 16.5. The van der Waals surface area contributed by atoms with E-state index in [1.54, 1.807) is 7.11 Å². The van der Waals surface area contributed by atoms with Gasteiger partial charge in [0.05, 0.1) is 18.5 Å². The Balaban J connectivity index is 1.62. The number of rotatable bonds is 3. The molecule has 0 unspecified atom stereocenters. The van der Waals surface area contributed by atoms with Crippen molar-refractivity contribution in [1.29, 1.82) is 0 Å². The van der Waals surface area contributed by atoms with Crippen molar-refractivity contribution in [3.8, 4) is 5.88 Å². The quantitative estimate of drug-likeness (QED) is 0.800. The van der Waals surface area contributed by atoms with E-state index in [1.807, 2.05) is 18.5 Å². The van der Waals surface area contributed by atoms with Crippen LogP contribution < -0.4 is 14.5 Å². The van der Waals surface area contributed by atoms with Gasteiger partial charge in [0, 0.05) is 50.6 Å². The van der Waals surface area contributed by atoms with Crippen molar-refractivity contribution >= 4 is 23.4 Å². The summed E-state index contributed by atoms with van der Waals surface area (Å²) >= 11 is 0. The summed E-state index contributed by atoms with van der Waals surface area (Å²) in [6.07, 6.45) is 8.55. The van der Waals surface area contributed by atoms with E-state index >= 15 is 0 Å². The lowest BCUT2D eigenvalue weighted by Crippen LogP contribution is -2.34. The summed E-state index contributed by atoms with van der Waals surface area (Å²) in [7, 11) is 3.86. The zero-order chi connectivity index (χ0) is 19.8. The Bertz CT molecular complexity index is 937. The Morgan fingerprint density at radius 3 is 2.79 bits per heavy atom. The standard InChI is InChI=1S/C22H28N6O/c1-26-11-7-18-17(14-26)12-19(22(25-18)29-2)28-15-23-13-16-6-8-24-21(20(16)28)27-9-4-3-5-10-27/h6,8,12-13H,3-5,7,9-11,14-15H2,1-2H3. The molecule has 7 nitrogen and oxygen atoms in total. The Labute approximate surface area is 172 Å². The number of hydrogen-bond acceptors (Lipinski definition) is 7. The normalized spacial score (nSPS) is 19.1. The highest BCUT2D eigenvalue weighted by molar-refractivity contribution is 5.96. The average Bonchev–Trinajstić information content (AvgIpc) is 2.78. The van der Waals surface area contributed by atoms with Gasteiger partial charge in [-0.2, -0.15) is 0 Å². The van der Waals surface area contributed by atoms with Crippen molar-refractivity contribution in [2.24, 2.45) is 4.99 Å². The molecule has 2 aromatic heterocycles. The van der Waals surface area contributed by atoms with E-state index in [9.17, 15) is 0 Å². The van der Waals surface area contributed by atoms with Crippen LogP contribution in [0.3, 0.4) is 0 Å². The number of aliphatic imine (C=N–C) groups is 1. The maximum absolute atomic E-state index is 5.74. The van der Waals surface area contributed by atoms with Gasteiger partial charge in [0.15, 0.2) is 5.82 Å². The van der Waals surface area contributed by atoms with Gasteiger partial charge in [0.2, 0.25) is 5.88 Å². The molecular formula is C22H28N6O. The van der Waals surface area contributed by atoms with Gasteiger partial charge in [-0.1, -0.05) is 0 Å². The van der Waals surface area contributed by atoms with E-state index in [1.165, 1.54) is 24.8 Å². The van der Waals surface area contributed by atoms with Gasteiger partial charge >= 0.3 is 0 Å². The summed E-state index contributed by atoms with van der Waals surface area (Å²) < 4.78 is 5.74. The zero-order valence-electron chi connectivity index (χ0n) is 17.3. The van der Waals surface area contributed by atoms with E-state index in [-0.39, 0.29) is 0 Å². The van der Waals surface area contributed by atoms with Gasteiger partial charge in [0.25, 0.3) is 0 Å². The number of fused-ring (bicyclic) bond motifs is 2. The molecule has 7 heteroatoms. The van der Waals surface area contributed by atoms with Crippen LogP contribution in [0.2, 0.25) is 0 Å². The summed E-state index contributed by atoms with van der Waals surface area (Å²) in [5.74, 6) is 1.72. The third-order valence-electron chi connectivity index (χ3n) is 6.11. The fraction of sp³-hybridized carbons (Fsp3) is 0.500. The molecule has 29 heavy (non-hydrogen) atoms. The van der Waals surface area contributed by atoms with Crippen LogP contribution >= 0.6 is 0 Å². The molecule has 0 aliphatic carbocycles. The van der Waals surface area contributed by atoms with Crippen LogP contribution in [-0.2, 0) is 13.0 Å². The van der Waals surface area contributed by atoms with E-state index in [0.717, 1.165) is 61.0 Å². The van der Waals surface area contributed by atoms with Crippen molar-refractivity contribution in [2.75, 3.05) is 50.3 Å². The lowest BCUT2D eigenvalue weighted by Gasteiger charge is -2.35. The number of pyridine rings is 2. The number of hydrogen-bond donors (Lipinski definition) is 0. The average molecular weight is 393 g/mol. The molecule has 1 saturated heterocycles. The van der Waals surface area contributed by atoms with Gasteiger partial charge in [-0.3, -0.25) is 4.99 Å². The summed E-state index contributed by atoms with van der Waals surface area (Å²) in [6, 6.07) is 4.29. The van der Waals surface area contributed by atoms with Gasteiger partial charge in [-0.15, -0.1) is 0 Å². The molecule has 5 heterocycles. The molecule has 0 amide bonds. The molecule has 1 fully saturated rings. The molecule has 2 aromatic rings. The Morgan fingerprint density at radius 1 is 1.10 bits per heavy atom. The van der Waals surface area contributed by atoms with Gasteiger partial charge in [-0.05, 0) is 44.0 Å². The highest BCUT2D eigenvalue weighted by Gasteiger charge is 2.28. The van der Waals surface area contributed by atoms with E-state index in [0.29, 0.717) is 12.5 Å². The molecule has 0 atom stereocenters. The summed E-state index contributed by atoms with van der Waals surface area (Å²) in [4.78, 5) is 21.3. The largest absolute Gasteiger partial charge is 0.480 e. The molecule has 0 bridgehead atoms. The SMILES string of the molecule is COc1nc2c(cc1N1CN=Cc3ccnc(N4CCCCC4)c31)CN(C)CC2. The maximum Gasteiger partial charge on any atom is 0.237 e. The minimum absolute atomic E-state index is 0.548. The maximum atomic E-state index is 5.74. The van der Waals surface area contributed by atoms with Crippen LogP contribution in [0.15, 0.2) is 23.3 Å². The monoisotopic (exact) mass is 392 g/mol. The zero-order valence-corrected chi connectivity index (χ0v) is 17.3. The molecule has 0 radical (unpaired) electrons. The summed E-state index contributed by atoms with van der Waals surface area (Å²) in [5, 5.41) is 0. The third kappa shape index (κ3) is 3.33. The van der Waals surface area contributed by atoms with Crippen LogP contribution in [0.25, 0.3) is 0 Å². The van der Waals surface area contributed by atoms with Crippen molar-refractivity contribution in [3.05, 3.63) is 35.2 Å². The fourth-order valence-corrected chi connectivity index (χ4v) is 4.59. The van der Waals surface area contributed by atoms with Crippen LogP contribution in [0.4, 0.5) is 17.2 Å². The highest BCUT2D eigenvalue weighted by Crippen LogP contribution is 2.42. The Morgan fingerprint density at radius 2 is 1.97 bits per heavy atom. The minimum atomic E-state index is 0.548. The first-order valence-electron chi connectivity index (χ1n) is 10.5. The summed E-state index contributed by atoms with van der Waals surface area (Å²) in [6.45, 7) is 4.60. The first-order chi connectivity index (χ1) is 14.2. The molecule has 3 aliphatic rings. The van der Waals surface area contributed by atoms with Gasteiger partial charge in [-0.25, -0.2) is 9.97 Å². The predicted molar refractivity (Wildman–Crippen MR) is 116 cm³/mol. The topological polar surface area (TPSA) is 57.1 Å². The van der Waals surface area contributed by atoms with Gasteiger partial charge < -0.3 is 19.4 Å². The van der Waals surface area contributed by atoms with E-state index < -0.39 is 0 Å². The van der Waals surface area contributed by atoms with Crippen molar-refractivity contribution in [1.82, 2.24) is 14.9 Å². The van der Waals surface area contributed by atoms with Crippen molar-refractivity contribution in [3.63, 3.8) is 0 Å². The van der Waals surface area contributed by atoms with Crippen LogP contribution in [0.5, 0.6) is 5.88 Å². The smallest absolute Gasteiger partial charge is 0.237 e. The Kier molecular flexibility index (Phi) is 4.83. The van der Waals surface area contributed by atoms with Crippen molar-refractivity contribution in [2.45, 2.75) is 32.2 Å². The molecule has 0 N–H and O–H groups in total. The number of nitrogens with zero attached hydrogens (tertiary/aromatic N) is 6. The second kappa shape index (κ2) is 7.63. The molecule has 0 aromatic carbocycles. The van der Waals surface area contributed by atoms with E-state index in [2.05, 4.69) is 32.8 Å². The van der Waals surface area contributed by atoms with Crippen LogP contribution in [-0.4, -0.2) is 61.5 Å². The van der Waals surface area contributed by atoms with E-state index in [4.69, 9.17) is 14.7 Å². The predicted octanol–water partition coefficient (Wildman–Crippen LogP) is 2.99. The fourth-order valence-electron chi connectivity index (χ4n) is 4.59. The second-order valence-electron chi connectivity index (χ2n) is 8.11. The third-order valence-corrected chi connectivity index (χ3v) is 6.11. The Hall–Kier alpha value is -2.67. The number of methoxy groups -OCH3 is 1. The number of likely N-dealkylation sites (N-methyl/N-ethyl adjacent to an activating group) is 1. The minimum Gasteiger partial charge on any atom is -0.480 e. The number of ether oxygens (including phenoxy) is 1. The first kappa shape index (κ1) is 18.4. The molecule has 5 rings (SSSR count). The number of anilines is 3. The van der Waals surface area contributed by atoms with Crippen LogP contribution in [0.1, 0.15) is 36.1 Å². The number of piperidine rings is 1. The molecule has 0 spiro atoms. The van der Waals surface area contributed by atoms with Gasteiger partial charge in [0.1, 0.15) is 12.4 Å². The van der Waals surface area contributed by atoms with Crippen LogP contribution in [0, 0.1) is 0 Å². The first-order valence-corrected chi connectivity index (χ1v) is 10.5. The number of aromatic nitrogens is 2. The molecule has 3 aliphatic heterocycles.